The number of alkyl halides is 2. The topological polar surface area (TPSA) is 51.7 Å². The van der Waals surface area contributed by atoms with Gasteiger partial charge in [0.15, 0.2) is 11.6 Å². The fourth-order valence-electron chi connectivity index (χ4n) is 2.34. The van der Waals surface area contributed by atoms with Gasteiger partial charge in [-0.3, -0.25) is 4.98 Å². The molecule has 1 aromatic heterocycles. The molecule has 0 radical (unpaired) electrons. The summed E-state index contributed by atoms with van der Waals surface area (Å²) in [6.45, 7) is -4.97. The molecule has 1 amide bonds. The number of hydrogen-bond acceptors (Lipinski definition) is 4. The summed E-state index contributed by atoms with van der Waals surface area (Å²) in [5.41, 5.74) is 0.721. The van der Waals surface area contributed by atoms with Gasteiger partial charge in [-0.1, -0.05) is 6.07 Å². The first kappa shape index (κ1) is 14.6. The minimum absolute atomic E-state index is 0.0690. The van der Waals surface area contributed by atoms with E-state index in [0.717, 1.165) is 17.0 Å². The van der Waals surface area contributed by atoms with Gasteiger partial charge in [0.25, 0.3) is 0 Å². The highest BCUT2D eigenvalue weighted by molar-refractivity contribution is 5.69. The zero-order valence-corrected chi connectivity index (χ0v) is 12.9. The van der Waals surface area contributed by atoms with E-state index in [4.69, 9.17) is 7.48 Å². The van der Waals surface area contributed by atoms with E-state index in [9.17, 15) is 18.0 Å². The molecule has 8 heteroatoms. The minimum Gasteiger partial charge on any atom is -0.449 e. The van der Waals surface area contributed by atoms with Crippen LogP contribution in [-0.4, -0.2) is 35.7 Å². The van der Waals surface area contributed by atoms with Crippen molar-refractivity contribution in [2.45, 2.75) is 19.5 Å². The Morgan fingerprint density at radius 2 is 2.16 bits per heavy atom. The summed E-state index contributed by atoms with van der Waals surface area (Å²) in [6.07, 6.45) is 2.34. The first-order chi connectivity index (χ1) is 12.8. The van der Waals surface area contributed by atoms with Gasteiger partial charge in [-0.2, -0.15) is 8.78 Å². The quantitative estimate of drug-likeness (QED) is 0.819. The number of pyridine rings is 1. The molecule has 3 rings (SSSR count). The highest BCUT2D eigenvalue weighted by atomic mass is 19.3. The second-order valence-electron chi connectivity index (χ2n) is 5.22. The molecule has 0 saturated carbocycles. The molecule has 1 aromatic carbocycles. The number of carbonyl (C=O) groups is 1. The molecule has 0 atom stereocenters. The molecule has 0 N–H and O–H groups in total. The molecule has 2 aromatic rings. The van der Waals surface area contributed by atoms with Crippen LogP contribution in [0.1, 0.15) is 14.7 Å². The predicted octanol–water partition coefficient (Wildman–Crippen LogP) is 3.83. The number of halogens is 3. The predicted molar refractivity (Wildman–Crippen MR) is 82.6 cm³/mol. The SMILES string of the molecule is [2H]C([2H])(c1cncc(-c2ccc(F)c(OC(F)F)c2)c1)N1CCCOC1=O. The molecule has 1 aliphatic heterocycles. The third kappa shape index (κ3) is 4.20. The average Bonchev–Trinajstić information content (AvgIpc) is 2.63. The number of hydrogen-bond donors (Lipinski definition) is 0. The summed E-state index contributed by atoms with van der Waals surface area (Å²) in [5.74, 6) is -1.58. The van der Waals surface area contributed by atoms with E-state index in [-0.39, 0.29) is 18.7 Å². The van der Waals surface area contributed by atoms with Crippen LogP contribution in [0.4, 0.5) is 18.0 Å². The molecule has 0 spiro atoms. The van der Waals surface area contributed by atoms with Crippen LogP contribution in [0.15, 0.2) is 36.7 Å². The van der Waals surface area contributed by atoms with E-state index in [1.54, 1.807) is 0 Å². The minimum atomic E-state index is -3.18. The van der Waals surface area contributed by atoms with Crippen LogP contribution >= 0.6 is 0 Å². The van der Waals surface area contributed by atoms with Crippen LogP contribution in [0.5, 0.6) is 5.75 Å². The van der Waals surface area contributed by atoms with Crippen molar-refractivity contribution < 1.29 is 30.2 Å². The van der Waals surface area contributed by atoms with Crippen molar-refractivity contribution in [3.05, 3.63) is 48.0 Å². The maximum Gasteiger partial charge on any atom is 0.410 e. The van der Waals surface area contributed by atoms with Gasteiger partial charge in [-0.15, -0.1) is 0 Å². The van der Waals surface area contributed by atoms with Gasteiger partial charge in [0.05, 0.1) is 15.8 Å². The Morgan fingerprint density at radius 3 is 2.92 bits per heavy atom. The fourth-order valence-corrected chi connectivity index (χ4v) is 2.34. The number of carbonyl (C=O) groups excluding carboxylic acids is 1. The van der Waals surface area contributed by atoms with E-state index in [1.807, 2.05) is 0 Å². The lowest BCUT2D eigenvalue weighted by atomic mass is 10.1. The number of nitrogens with zero attached hydrogens (tertiary/aromatic N) is 2. The van der Waals surface area contributed by atoms with E-state index in [2.05, 4.69) is 9.72 Å². The van der Waals surface area contributed by atoms with Gasteiger partial charge in [-0.05, 0) is 35.7 Å². The van der Waals surface area contributed by atoms with Crippen molar-refractivity contribution in [3.8, 4) is 16.9 Å². The summed E-state index contributed by atoms with van der Waals surface area (Å²) in [5, 5.41) is 0. The molecule has 1 saturated heterocycles. The molecule has 25 heavy (non-hydrogen) atoms. The number of aromatic nitrogens is 1. The molecule has 0 bridgehead atoms. The van der Waals surface area contributed by atoms with E-state index in [1.165, 1.54) is 24.5 Å². The summed E-state index contributed by atoms with van der Waals surface area (Å²) in [4.78, 5) is 16.8. The number of amides is 1. The molecule has 0 aliphatic carbocycles. The molecule has 1 aliphatic rings. The zero-order valence-electron chi connectivity index (χ0n) is 14.9. The zero-order chi connectivity index (χ0) is 19.6. The molecule has 0 unspecified atom stereocenters. The molecule has 5 nitrogen and oxygen atoms in total. The summed E-state index contributed by atoms with van der Waals surface area (Å²) in [6, 6.07) is 4.79. The van der Waals surface area contributed by atoms with E-state index in [0.29, 0.717) is 17.5 Å². The van der Waals surface area contributed by atoms with Crippen LogP contribution in [0.25, 0.3) is 11.1 Å². The lowest BCUT2D eigenvalue weighted by Gasteiger charge is -2.26. The van der Waals surface area contributed by atoms with Crippen LogP contribution in [0.2, 0.25) is 0 Å². The Bertz CT molecular complexity index is 852. The Labute approximate surface area is 144 Å². The van der Waals surface area contributed by atoms with Crippen molar-refractivity contribution in [2.24, 2.45) is 0 Å². The van der Waals surface area contributed by atoms with Gasteiger partial charge in [0, 0.05) is 24.5 Å². The molecular weight excluding hydrogens is 337 g/mol. The maximum atomic E-state index is 13.6. The standard InChI is InChI=1S/C17H15F3N2O3/c18-14-3-2-12(7-15(14)25-16(19)20)13-6-11(8-21-9-13)10-22-4-1-5-24-17(22)23/h2-3,6-9,16H,1,4-5,10H2/i10D2. The lowest BCUT2D eigenvalue weighted by molar-refractivity contribution is -0.0521. The second-order valence-corrected chi connectivity index (χ2v) is 5.22. The van der Waals surface area contributed by atoms with Gasteiger partial charge in [-0.25, -0.2) is 9.18 Å². The molecule has 1 fully saturated rings. The number of rotatable bonds is 5. The first-order valence-corrected chi connectivity index (χ1v) is 7.43. The summed E-state index contributed by atoms with van der Waals surface area (Å²) < 4.78 is 64.0. The Hall–Kier alpha value is -2.77. The number of ether oxygens (including phenoxy) is 2. The van der Waals surface area contributed by atoms with Crippen LogP contribution in [-0.2, 0) is 11.2 Å². The highest BCUT2D eigenvalue weighted by Gasteiger charge is 2.20. The van der Waals surface area contributed by atoms with E-state index >= 15 is 0 Å². The third-order valence-corrected chi connectivity index (χ3v) is 3.45. The highest BCUT2D eigenvalue weighted by Crippen LogP contribution is 2.28. The van der Waals surface area contributed by atoms with Crippen molar-refractivity contribution in [1.29, 1.82) is 0 Å². The molecular formula is C17H15F3N2O3. The molecule has 132 valence electrons. The first-order valence-electron chi connectivity index (χ1n) is 8.43. The average molecular weight is 354 g/mol. The van der Waals surface area contributed by atoms with Gasteiger partial charge >= 0.3 is 12.7 Å². The third-order valence-electron chi connectivity index (χ3n) is 3.45. The Morgan fingerprint density at radius 1 is 1.32 bits per heavy atom. The maximum absolute atomic E-state index is 13.6. The lowest BCUT2D eigenvalue weighted by Crippen LogP contribution is -2.37. The van der Waals surface area contributed by atoms with Crippen LogP contribution in [0.3, 0.4) is 0 Å². The van der Waals surface area contributed by atoms with Crippen LogP contribution < -0.4 is 4.74 Å². The van der Waals surface area contributed by atoms with Gasteiger partial charge < -0.3 is 14.4 Å². The molecule has 2 heterocycles. The smallest absolute Gasteiger partial charge is 0.410 e. The summed E-state index contributed by atoms with van der Waals surface area (Å²) >= 11 is 0. The Kier molecular flexibility index (Phi) is 4.32. The normalized spacial score (nSPS) is 16.3. The number of cyclic esters (lactones) is 1. The van der Waals surface area contributed by atoms with Crippen molar-refractivity contribution in [1.82, 2.24) is 9.88 Å². The van der Waals surface area contributed by atoms with E-state index < -0.39 is 30.8 Å². The summed E-state index contributed by atoms with van der Waals surface area (Å²) in [7, 11) is 0. The largest absolute Gasteiger partial charge is 0.449 e. The van der Waals surface area contributed by atoms with Gasteiger partial charge in [0.2, 0.25) is 0 Å². The number of benzene rings is 1. The van der Waals surface area contributed by atoms with Crippen molar-refractivity contribution in [3.63, 3.8) is 0 Å². The second kappa shape index (κ2) is 7.42. The van der Waals surface area contributed by atoms with Crippen molar-refractivity contribution >= 4 is 6.09 Å². The fraction of sp³-hybridized carbons (Fsp3) is 0.294. The van der Waals surface area contributed by atoms with Crippen LogP contribution in [0, 0.1) is 5.82 Å². The van der Waals surface area contributed by atoms with Gasteiger partial charge in [0.1, 0.15) is 0 Å². The Balaban J connectivity index is 1.95. The monoisotopic (exact) mass is 354 g/mol. The van der Waals surface area contributed by atoms with Crippen molar-refractivity contribution in [2.75, 3.05) is 13.2 Å².